The van der Waals surface area contributed by atoms with Gasteiger partial charge >= 0.3 is 5.97 Å². The molecule has 2 aromatic rings. The van der Waals surface area contributed by atoms with Crippen LogP contribution in [0.5, 0.6) is 11.5 Å². The maximum atomic E-state index is 11.6. The highest BCUT2D eigenvalue weighted by molar-refractivity contribution is 5.89. The molecule has 0 aliphatic carbocycles. The van der Waals surface area contributed by atoms with E-state index in [0.717, 1.165) is 5.56 Å². The lowest BCUT2D eigenvalue weighted by Crippen LogP contribution is -2.27. The van der Waals surface area contributed by atoms with Crippen molar-refractivity contribution in [1.82, 2.24) is 0 Å². The van der Waals surface area contributed by atoms with Gasteiger partial charge in [-0.25, -0.2) is 4.79 Å². The highest BCUT2D eigenvalue weighted by Gasteiger charge is 2.30. The van der Waals surface area contributed by atoms with Crippen LogP contribution in [-0.4, -0.2) is 29.9 Å². The lowest BCUT2D eigenvalue weighted by Gasteiger charge is -2.30. The molecule has 2 atom stereocenters. The van der Waals surface area contributed by atoms with Crippen molar-refractivity contribution in [3.8, 4) is 11.5 Å². The van der Waals surface area contributed by atoms with Crippen LogP contribution in [0.1, 0.15) is 27.6 Å². The summed E-state index contributed by atoms with van der Waals surface area (Å²) in [6, 6.07) is 11.9. The number of ether oxygens (including phenoxy) is 2. The van der Waals surface area contributed by atoms with Gasteiger partial charge < -0.3 is 19.7 Å². The van der Waals surface area contributed by atoms with Crippen LogP contribution in [0.25, 0.3) is 0 Å². The molecule has 0 radical (unpaired) electrons. The Kier molecular flexibility index (Phi) is 4.21. The number of phenolic OH excluding ortho intramolecular Hbond substituents is 1. The Balaban J connectivity index is 1.80. The average molecular weight is 314 g/mol. The summed E-state index contributed by atoms with van der Waals surface area (Å²) in [6.45, 7) is 0.376. The molecule has 2 unspecified atom stereocenters. The van der Waals surface area contributed by atoms with Crippen molar-refractivity contribution in [2.45, 2.75) is 12.5 Å². The second kappa shape index (κ2) is 6.30. The van der Waals surface area contributed by atoms with Crippen LogP contribution in [0.4, 0.5) is 0 Å². The van der Waals surface area contributed by atoms with E-state index < -0.39 is 6.10 Å². The van der Waals surface area contributed by atoms with Crippen LogP contribution in [0.2, 0.25) is 0 Å². The third-order valence-electron chi connectivity index (χ3n) is 4.06. The van der Waals surface area contributed by atoms with Gasteiger partial charge in [0, 0.05) is 11.5 Å². The highest BCUT2D eigenvalue weighted by Crippen LogP contribution is 2.38. The van der Waals surface area contributed by atoms with Gasteiger partial charge in [0.05, 0.1) is 25.4 Å². The molecule has 2 N–H and O–H groups in total. The molecule has 5 nitrogen and oxygen atoms in total. The van der Waals surface area contributed by atoms with Crippen LogP contribution in [0.15, 0.2) is 42.5 Å². The fourth-order valence-corrected chi connectivity index (χ4v) is 2.86. The van der Waals surface area contributed by atoms with Crippen molar-refractivity contribution < 1.29 is 24.5 Å². The number of hydrogen-bond acceptors (Lipinski definition) is 5. The molecule has 5 heteroatoms. The van der Waals surface area contributed by atoms with E-state index in [9.17, 15) is 15.0 Å². The van der Waals surface area contributed by atoms with Crippen LogP contribution < -0.4 is 4.74 Å². The minimum absolute atomic E-state index is 0.0970. The van der Waals surface area contributed by atoms with Crippen molar-refractivity contribution in [2.24, 2.45) is 5.92 Å². The Morgan fingerprint density at radius 3 is 2.91 bits per heavy atom. The number of esters is 1. The minimum Gasteiger partial charge on any atom is -0.508 e. The second-order valence-electron chi connectivity index (χ2n) is 5.63. The van der Waals surface area contributed by atoms with E-state index >= 15 is 0 Å². The first-order chi connectivity index (χ1) is 11.1. The van der Waals surface area contributed by atoms with Crippen molar-refractivity contribution >= 4 is 5.97 Å². The molecular formula is C18H18O5. The van der Waals surface area contributed by atoms with Gasteiger partial charge in [-0.1, -0.05) is 12.1 Å². The van der Waals surface area contributed by atoms with Crippen LogP contribution in [-0.2, 0) is 11.2 Å². The number of carbonyl (C=O) groups is 1. The molecule has 0 saturated heterocycles. The molecule has 0 aromatic heterocycles. The van der Waals surface area contributed by atoms with Gasteiger partial charge in [-0.3, -0.25) is 0 Å². The summed E-state index contributed by atoms with van der Waals surface area (Å²) in [7, 11) is 1.34. The molecule has 1 heterocycles. The molecule has 0 fully saturated rings. The van der Waals surface area contributed by atoms with Gasteiger partial charge in [0.15, 0.2) is 0 Å². The van der Waals surface area contributed by atoms with E-state index in [2.05, 4.69) is 0 Å². The van der Waals surface area contributed by atoms with Crippen LogP contribution in [0.3, 0.4) is 0 Å². The van der Waals surface area contributed by atoms with Crippen molar-refractivity contribution in [3.63, 3.8) is 0 Å². The highest BCUT2D eigenvalue weighted by atomic mass is 16.5. The lowest BCUT2D eigenvalue weighted by atomic mass is 9.88. The van der Waals surface area contributed by atoms with E-state index in [0.29, 0.717) is 29.9 Å². The van der Waals surface area contributed by atoms with Crippen LogP contribution in [0, 0.1) is 5.92 Å². The summed E-state index contributed by atoms with van der Waals surface area (Å²) in [5.74, 6) is 0.148. The molecule has 0 saturated carbocycles. The van der Waals surface area contributed by atoms with Crippen LogP contribution >= 0.6 is 0 Å². The van der Waals surface area contributed by atoms with E-state index in [1.165, 1.54) is 19.2 Å². The molecule has 23 heavy (non-hydrogen) atoms. The lowest BCUT2D eigenvalue weighted by molar-refractivity contribution is 0.0505. The van der Waals surface area contributed by atoms with Gasteiger partial charge in [0.1, 0.15) is 11.5 Å². The molecule has 0 bridgehead atoms. The minimum atomic E-state index is -0.729. The van der Waals surface area contributed by atoms with E-state index in [4.69, 9.17) is 9.47 Å². The monoisotopic (exact) mass is 314 g/mol. The van der Waals surface area contributed by atoms with E-state index in [-0.39, 0.29) is 17.6 Å². The molecule has 1 aliphatic rings. The predicted octanol–water partition coefficient (Wildman–Crippen LogP) is 2.46. The number of phenols is 1. The third-order valence-corrected chi connectivity index (χ3v) is 4.06. The maximum Gasteiger partial charge on any atom is 0.337 e. The zero-order valence-corrected chi connectivity index (χ0v) is 12.7. The van der Waals surface area contributed by atoms with Crippen molar-refractivity contribution in [3.05, 3.63) is 59.2 Å². The van der Waals surface area contributed by atoms with E-state index in [1.807, 2.05) is 6.07 Å². The Morgan fingerprint density at radius 2 is 2.13 bits per heavy atom. The zero-order valence-electron chi connectivity index (χ0n) is 12.7. The first-order valence-corrected chi connectivity index (χ1v) is 7.39. The number of aliphatic hydroxyl groups excluding tert-OH is 1. The number of aromatic hydroxyl groups is 1. The number of benzene rings is 2. The standard InChI is InChI=1S/C18H18O5/c1-22-18(21)12-4-2-3-11(7-12)8-13-10-23-16-6-5-14(19)9-15(16)17(13)20/h2-7,9,13,17,19-20H,8,10H2,1H3. The molecular weight excluding hydrogens is 296 g/mol. The number of carbonyl (C=O) groups excluding carboxylic acids is 1. The first-order valence-electron chi connectivity index (χ1n) is 7.39. The molecule has 3 rings (SSSR count). The smallest absolute Gasteiger partial charge is 0.337 e. The summed E-state index contributed by atoms with van der Waals surface area (Å²) in [5, 5.41) is 20.1. The Labute approximate surface area is 134 Å². The SMILES string of the molecule is COC(=O)c1cccc(CC2COc3ccc(O)cc3C2O)c1. The van der Waals surface area contributed by atoms with Gasteiger partial charge in [0.2, 0.25) is 0 Å². The third kappa shape index (κ3) is 3.14. The normalized spacial score (nSPS) is 19.6. The number of rotatable bonds is 3. The average Bonchev–Trinajstić information content (AvgIpc) is 2.57. The summed E-state index contributed by atoms with van der Waals surface area (Å²) >= 11 is 0. The first kappa shape index (κ1) is 15.4. The molecule has 0 amide bonds. The quantitative estimate of drug-likeness (QED) is 0.851. The Bertz CT molecular complexity index is 725. The van der Waals surface area contributed by atoms with Crippen molar-refractivity contribution in [2.75, 3.05) is 13.7 Å². The Morgan fingerprint density at radius 1 is 1.30 bits per heavy atom. The summed E-state index contributed by atoms with van der Waals surface area (Å²) in [4.78, 5) is 11.6. The number of methoxy groups -OCH3 is 1. The second-order valence-corrected chi connectivity index (χ2v) is 5.63. The van der Waals surface area contributed by atoms with Gasteiger partial charge in [-0.15, -0.1) is 0 Å². The fourth-order valence-electron chi connectivity index (χ4n) is 2.86. The predicted molar refractivity (Wildman–Crippen MR) is 83.5 cm³/mol. The van der Waals surface area contributed by atoms with Gasteiger partial charge in [-0.05, 0) is 42.3 Å². The fraction of sp³-hybridized carbons (Fsp3) is 0.278. The molecule has 2 aromatic carbocycles. The maximum absolute atomic E-state index is 11.6. The van der Waals surface area contributed by atoms with E-state index in [1.54, 1.807) is 24.3 Å². The summed E-state index contributed by atoms with van der Waals surface area (Å²) in [5.41, 5.74) is 1.99. The summed E-state index contributed by atoms with van der Waals surface area (Å²) in [6.07, 6.45) is -0.172. The zero-order chi connectivity index (χ0) is 16.4. The molecule has 1 aliphatic heterocycles. The summed E-state index contributed by atoms with van der Waals surface area (Å²) < 4.78 is 10.4. The topological polar surface area (TPSA) is 76.0 Å². The van der Waals surface area contributed by atoms with Crippen molar-refractivity contribution in [1.29, 1.82) is 0 Å². The number of hydrogen-bond donors (Lipinski definition) is 2. The largest absolute Gasteiger partial charge is 0.508 e. The Hall–Kier alpha value is -2.53. The molecule has 0 spiro atoms. The number of aliphatic hydroxyl groups is 1. The molecule has 120 valence electrons. The number of fused-ring (bicyclic) bond motifs is 1. The van der Waals surface area contributed by atoms with Gasteiger partial charge in [-0.2, -0.15) is 0 Å². The van der Waals surface area contributed by atoms with Gasteiger partial charge in [0.25, 0.3) is 0 Å².